The van der Waals surface area contributed by atoms with E-state index in [0.29, 0.717) is 12.1 Å². The first-order valence-electron chi connectivity index (χ1n) is 19.5. The van der Waals surface area contributed by atoms with Gasteiger partial charge in [-0.25, -0.2) is 14.1 Å². The summed E-state index contributed by atoms with van der Waals surface area (Å²) >= 11 is 0. The Hall–Kier alpha value is -2.96. The molecule has 0 radical (unpaired) electrons. The van der Waals surface area contributed by atoms with E-state index in [-0.39, 0.29) is 31.3 Å². The number of phosphoric acid groups is 1. The van der Waals surface area contributed by atoms with Crippen molar-refractivity contribution in [2.75, 3.05) is 32.2 Å². The molecule has 2 aromatic heterocycles. The van der Waals surface area contributed by atoms with Crippen LogP contribution in [0, 0.1) is 17.2 Å². The highest BCUT2D eigenvalue weighted by Gasteiger charge is 2.58. The smallest absolute Gasteiger partial charge is 0.387 e. The lowest BCUT2D eigenvalue weighted by Gasteiger charge is -2.24. The van der Waals surface area contributed by atoms with Crippen molar-refractivity contribution in [1.29, 1.82) is 5.26 Å². The van der Waals surface area contributed by atoms with Crippen LogP contribution in [0.15, 0.2) is 48.8 Å². The molecule has 54 heavy (non-hydrogen) atoms. The molecule has 0 saturated carbocycles. The monoisotopic (exact) mass is 773 g/mol. The van der Waals surface area contributed by atoms with Crippen molar-refractivity contribution in [3.63, 3.8) is 0 Å². The summed E-state index contributed by atoms with van der Waals surface area (Å²) in [5.74, 6) is 0.950. The summed E-state index contributed by atoms with van der Waals surface area (Å²) in [7, 11) is -4.71. The minimum atomic E-state index is -4.71. The molecule has 1 saturated heterocycles. The second kappa shape index (κ2) is 22.6. The van der Waals surface area contributed by atoms with Crippen LogP contribution in [-0.4, -0.2) is 80.5 Å². The van der Waals surface area contributed by atoms with Gasteiger partial charge in [0, 0.05) is 6.61 Å². The van der Waals surface area contributed by atoms with E-state index in [2.05, 4.69) is 23.9 Å². The number of phosphoric ester groups is 1. The molecular weight excluding hydrogens is 713 g/mol. The van der Waals surface area contributed by atoms with Gasteiger partial charge in [0.05, 0.1) is 32.1 Å². The van der Waals surface area contributed by atoms with Crippen molar-refractivity contribution in [2.45, 2.75) is 134 Å². The lowest BCUT2D eigenvalue weighted by atomic mass is 9.92. The standard InChI is InChI=1S/C39H60N5O9P/c1-30(2)18-14-11-9-7-5-3-4-6-8-10-12-17-23-49-25-32(50-24-31-19-15-13-16-20-31)26-51-54(47,48)52-27-34-36(45)37(46)39(28-40,53-34)35-22-21-33-38(41)42-29-43-44(33)35/h13,15-16,19-22,29-30,32,34,36-37,45-46H,3-12,14,17-18,23-27H2,1-2H3,(H,47,48)(H2,41,42,43)/t32-,34-,36-,37-,39+/m1/s1. The Morgan fingerprint density at radius 3 is 2.24 bits per heavy atom. The van der Waals surface area contributed by atoms with Gasteiger partial charge in [0.1, 0.15) is 42.3 Å². The number of hydrogen-bond acceptors (Lipinski definition) is 12. The van der Waals surface area contributed by atoms with Crippen molar-refractivity contribution in [1.82, 2.24) is 14.6 Å². The number of nitrogens with zero attached hydrogens (tertiary/aromatic N) is 4. The Labute approximate surface area is 319 Å². The lowest BCUT2D eigenvalue weighted by molar-refractivity contribution is -0.0690. The predicted octanol–water partition coefficient (Wildman–Crippen LogP) is 6.61. The van der Waals surface area contributed by atoms with Crippen molar-refractivity contribution in [3.8, 4) is 6.07 Å². The van der Waals surface area contributed by atoms with Crippen LogP contribution in [0.3, 0.4) is 0 Å². The molecule has 0 spiro atoms. The predicted molar refractivity (Wildman–Crippen MR) is 204 cm³/mol. The Morgan fingerprint density at radius 1 is 0.944 bits per heavy atom. The van der Waals surface area contributed by atoms with Crippen LogP contribution in [0.2, 0.25) is 0 Å². The summed E-state index contributed by atoms with van der Waals surface area (Å²) < 4.78 is 42.4. The Kier molecular flexibility index (Phi) is 18.3. The van der Waals surface area contributed by atoms with Gasteiger partial charge < -0.3 is 35.1 Å². The minimum Gasteiger partial charge on any atom is -0.387 e. The quantitative estimate of drug-likeness (QED) is 0.0476. The number of fused-ring (bicyclic) bond motifs is 1. The molecular formula is C39H60N5O9P. The number of nitrogen functional groups attached to an aromatic ring is 1. The fourth-order valence-corrected chi connectivity index (χ4v) is 7.37. The first kappa shape index (κ1) is 43.8. The van der Waals surface area contributed by atoms with Gasteiger partial charge in [-0.1, -0.05) is 121 Å². The molecule has 1 aromatic carbocycles. The lowest BCUT2D eigenvalue weighted by Crippen LogP contribution is -2.41. The number of benzene rings is 1. The minimum absolute atomic E-state index is 0.0915. The van der Waals surface area contributed by atoms with Crippen LogP contribution in [0.25, 0.3) is 5.52 Å². The first-order chi connectivity index (χ1) is 26.1. The van der Waals surface area contributed by atoms with Gasteiger partial charge in [0.25, 0.3) is 0 Å². The van der Waals surface area contributed by atoms with Crippen LogP contribution in [-0.2, 0) is 40.0 Å². The fraction of sp³-hybridized carbons (Fsp3) is 0.667. The Morgan fingerprint density at radius 2 is 1.59 bits per heavy atom. The summed E-state index contributed by atoms with van der Waals surface area (Å²) in [4.78, 5) is 14.5. The number of aromatic nitrogens is 3. The molecule has 1 unspecified atom stereocenters. The third-order valence-electron chi connectivity index (χ3n) is 9.76. The largest absolute Gasteiger partial charge is 0.472 e. The van der Waals surface area contributed by atoms with Gasteiger partial charge in [-0.3, -0.25) is 9.05 Å². The number of ether oxygens (including phenoxy) is 3. The van der Waals surface area contributed by atoms with Gasteiger partial charge in [-0.05, 0) is 30.0 Å². The summed E-state index contributed by atoms with van der Waals surface area (Å²) in [6.45, 7) is 4.53. The molecule has 1 aliphatic rings. The number of hydrogen-bond donors (Lipinski definition) is 4. The number of aliphatic hydroxyl groups is 2. The van der Waals surface area contributed by atoms with E-state index in [1.54, 1.807) is 6.07 Å². The zero-order chi connectivity index (χ0) is 38.8. The van der Waals surface area contributed by atoms with Crippen molar-refractivity contribution in [3.05, 3.63) is 60.0 Å². The summed E-state index contributed by atoms with van der Waals surface area (Å²) in [5, 5.41) is 36.0. The molecule has 300 valence electrons. The van der Waals surface area contributed by atoms with Crippen molar-refractivity contribution in [2.24, 2.45) is 5.92 Å². The Balaban J connectivity index is 1.17. The molecule has 1 fully saturated rings. The van der Waals surface area contributed by atoms with Crippen LogP contribution in [0.5, 0.6) is 0 Å². The average molecular weight is 774 g/mol. The molecule has 5 N–H and O–H groups in total. The average Bonchev–Trinajstić information content (AvgIpc) is 3.71. The van der Waals surface area contributed by atoms with E-state index in [1.165, 1.54) is 81.1 Å². The summed E-state index contributed by atoms with van der Waals surface area (Å²) in [6, 6.07) is 14.5. The van der Waals surface area contributed by atoms with E-state index >= 15 is 0 Å². The fourth-order valence-electron chi connectivity index (χ4n) is 6.60. The highest BCUT2D eigenvalue weighted by Crippen LogP contribution is 2.46. The molecule has 0 amide bonds. The first-order valence-corrected chi connectivity index (χ1v) is 20.9. The van der Waals surface area contributed by atoms with E-state index in [9.17, 15) is 24.9 Å². The zero-order valence-electron chi connectivity index (χ0n) is 31.8. The maximum absolute atomic E-state index is 13.0. The van der Waals surface area contributed by atoms with Gasteiger partial charge in [-0.15, -0.1) is 0 Å². The van der Waals surface area contributed by atoms with Crippen molar-refractivity contribution < 1.29 is 42.9 Å². The molecule has 0 bridgehead atoms. The molecule has 14 nitrogen and oxygen atoms in total. The second-order valence-electron chi connectivity index (χ2n) is 14.6. The number of nitriles is 1. The SMILES string of the molecule is CC(C)CCCCCCCCCCCCCCOC[C@H](COP(=O)(O)OC[C@H]1O[C@@](C#N)(c2ccc3c(N)ncnn23)[C@H](O)[C@@H]1O)OCc1ccccc1. The third-order valence-corrected chi connectivity index (χ3v) is 10.7. The molecule has 3 heterocycles. The molecule has 4 rings (SSSR count). The van der Waals surface area contributed by atoms with Gasteiger partial charge in [-0.2, -0.15) is 10.4 Å². The third kappa shape index (κ3) is 13.4. The van der Waals surface area contributed by atoms with Gasteiger partial charge in [0.15, 0.2) is 5.82 Å². The number of unbranched alkanes of at least 4 members (excludes halogenated alkanes) is 11. The topological polar surface area (TPSA) is 204 Å². The van der Waals surface area contributed by atoms with E-state index in [4.69, 9.17) is 29.0 Å². The van der Waals surface area contributed by atoms with Crippen LogP contribution in [0.4, 0.5) is 5.82 Å². The molecule has 3 aromatic rings. The number of rotatable bonds is 27. The highest BCUT2D eigenvalue weighted by molar-refractivity contribution is 7.47. The summed E-state index contributed by atoms with van der Waals surface area (Å²) in [5.41, 5.74) is 5.20. The Bertz CT molecular complexity index is 1610. The maximum atomic E-state index is 13.0. The molecule has 0 aliphatic carbocycles. The maximum Gasteiger partial charge on any atom is 0.472 e. The van der Waals surface area contributed by atoms with Crippen LogP contribution in [0.1, 0.15) is 109 Å². The molecule has 6 atom stereocenters. The number of aliphatic hydroxyl groups excluding tert-OH is 2. The summed E-state index contributed by atoms with van der Waals surface area (Å²) in [6.07, 6.45) is 12.1. The highest BCUT2D eigenvalue weighted by atomic mass is 31.2. The van der Waals surface area contributed by atoms with Crippen LogP contribution < -0.4 is 5.73 Å². The van der Waals surface area contributed by atoms with E-state index in [0.717, 1.165) is 30.7 Å². The van der Waals surface area contributed by atoms with Gasteiger partial charge in [0.2, 0.25) is 5.60 Å². The van der Waals surface area contributed by atoms with E-state index in [1.807, 2.05) is 36.4 Å². The second-order valence-corrected chi connectivity index (χ2v) is 16.0. The zero-order valence-corrected chi connectivity index (χ0v) is 32.7. The number of anilines is 1. The normalized spacial score (nSPS) is 21.8. The molecule has 1 aliphatic heterocycles. The van der Waals surface area contributed by atoms with Gasteiger partial charge >= 0.3 is 7.82 Å². The van der Waals surface area contributed by atoms with Crippen LogP contribution >= 0.6 is 7.82 Å². The number of nitrogens with two attached hydrogens (primary N) is 1. The van der Waals surface area contributed by atoms with Crippen molar-refractivity contribution >= 4 is 19.2 Å². The van der Waals surface area contributed by atoms with E-state index < -0.39 is 44.4 Å². The molecule has 15 heteroatoms.